The van der Waals surface area contributed by atoms with Gasteiger partial charge in [0.15, 0.2) is 5.65 Å². The van der Waals surface area contributed by atoms with Crippen LogP contribution in [0.25, 0.3) is 5.65 Å². The van der Waals surface area contributed by atoms with Crippen molar-refractivity contribution in [2.24, 2.45) is 5.73 Å². The van der Waals surface area contributed by atoms with Gasteiger partial charge in [0.05, 0.1) is 12.4 Å². The van der Waals surface area contributed by atoms with E-state index in [1.807, 2.05) is 6.07 Å². The monoisotopic (exact) mass is 226 g/mol. The fourth-order valence-corrected chi connectivity index (χ4v) is 1.37. The number of hydrogen-bond donors (Lipinski definition) is 1. The number of aromatic nitrogens is 3. The highest BCUT2D eigenvalue weighted by molar-refractivity contribution is 9.10. The summed E-state index contributed by atoms with van der Waals surface area (Å²) < 4.78 is 2.56. The van der Waals surface area contributed by atoms with Crippen molar-refractivity contribution in [1.82, 2.24) is 14.6 Å². The van der Waals surface area contributed by atoms with E-state index in [9.17, 15) is 0 Å². The second kappa shape index (κ2) is 2.84. The van der Waals surface area contributed by atoms with E-state index in [2.05, 4.69) is 26.0 Å². The van der Waals surface area contributed by atoms with Gasteiger partial charge in [-0.25, -0.2) is 9.50 Å². The van der Waals surface area contributed by atoms with Gasteiger partial charge in [0.2, 0.25) is 0 Å². The van der Waals surface area contributed by atoms with Crippen LogP contribution in [-0.2, 0) is 6.54 Å². The van der Waals surface area contributed by atoms with E-state index < -0.39 is 0 Å². The van der Waals surface area contributed by atoms with Crippen molar-refractivity contribution in [1.29, 1.82) is 0 Å². The van der Waals surface area contributed by atoms with Crippen molar-refractivity contribution in [2.75, 3.05) is 0 Å². The Balaban J connectivity index is 2.69. The van der Waals surface area contributed by atoms with Crippen LogP contribution in [0.3, 0.4) is 0 Å². The van der Waals surface area contributed by atoms with Gasteiger partial charge in [-0.05, 0) is 27.6 Å². The molecule has 2 aromatic heterocycles. The van der Waals surface area contributed by atoms with E-state index in [4.69, 9.17) is 5.73 Å². The number of fused-ring (bicyclic) bond motifs is 1. The van der Waals surface area contributed by atoms with Gasteiger partial charge < -0.3 is 5.73 Å². The zero-order valence-corrected chi connectivity index (χ0v) is 7.82. The minimum Gasteiger partial charge on any atom is -0.326 e. The largest absolute Gasteiger partial charge is 0.326 e. The van der Waals surface area contributed by atoms with Crippen LogP contribution >= 0.6 is 15.9 Å². The fourth-order valence-electron chi connectivity index (χ4n) is 0.998. The lowest BCUT2D eigenvalue weighted by Crippen LogP contribution is -2.00. The molecule has 2 aromatic rings. The zero-order valence-electron chi connectivity index (χ0n) is 6.24. The average Bonchev–Trinajstić information content (AvgIpc) is 2.47. The first-order chi connectivity index (χ1) is 5.81. The van der Waals surface area contributed by atoms with E-state index in [1.54, 1.807) is 16.9 Å². The third kappa shape index (κ3) is 1.11. The highest BCUT2D eigenvalue weighted by Gasteiger charge is 2.00. The molecule has 2 N–H and O–H groups in total. The summed E-state index contributed by atoms with van der Waals surface area (Å²) in [5.41, 5.74) is 7.26. The molecule has 2 heterocycles. The fraction of sp³-hybridized carbons (Fsp3) is 0.143. The van der Waals surface area contributed by atoms with Gasteiger partial charge in [-0.2, -0.15) is 5.10 Å². The molecule has 0 unspecified atom stereocenters. The second-order valence-electron chi connectivity index (χ2n) is 2.42. The Morgan fingerprint density at radius 3 is 3.08 bits per heavy atom. The number of nitrogens with two attached hydrogens (primary N) is 1. The quantitative estimate of drug-likeness (QED) is 0.788. The maximum absolute atomic E-state index is 5.46. The Kier molecular flexibility index (Phi) is 1.82. The predicted octanol–water partition coefficient (Wildman–Crippen LogP) is 0.950. The Bertz CT molecular complexity index is 409. The summed E-state index contributed by atoms with van der Waals surface area (Å²) in [5, 5.41) is 4.14. The van der Waals surface area contributed by atoms with Gasteiger partial charge in [0, 0.05) is 6.54 Å². The SMILES string of the molecule is NCc1cnn2c(Br)cnc2c1. The Hall–Kier alpha value is -0.940. The summed E-state index contributed by atoms with van der Waals surface area (Å²) in [6.07, 6.45) is 3.45. The number of imidazole rings is 1. The molecule has 0 saturated carbocycles. The van der Waals surface area contributed by atoms with E-state index >= 15 is 0 Å². The topological polar surface area (TPSA) is 56.2 Å². The van der Waals surface area contributed by atoms with Crippen molar-refractivity contribution in [3.63, 3.8) is 0 Å². The van der Waals surface area contributed by atoms with Crippen molar-refractivity contribution < 1.29 is 0 Å². The molecule has 0 aromatic carbocycles. The molecule has 0 fully saturated rings. The maximum atomic E-state index is 5.46. The molecule has 0 atom stereocenters. The molecule has 0 saturated heterocycles. The van der Waals surface area contributed by atoms with Gasteiger partial charge in [-0.1, -0.05) is 0 Å². The first-order valence-electron chi connectivity index (χ1n) is 3.49. The highest BCUT2D eigenvalue weighted by Crippen LogP contribution is 2.11. The van der Waals surface area contributed by atoms with Crippen LogP contribution in [0.5, 0.6) is 0 Å². The lowest BCUT2D eigenvalue weighted by molar-refractivity contribution is 0.890. The third-order valence-corrected chi connectivity index (χ3v) is 2.15. The van der Waals surface area contributed by atoms with Crippen molar-refractivity contribution >= 4 is 21.6 Å². The molecule has 0 bridgehead atoms. The van der Waals surface area contributed by atoms with Crippen molar-refractivity contribution in [3.05, 3.63) is 28.6 Å². The van der Waals surface area contributed by atoms with Crippen LogP contribution < -0.4 is 5.73 Å². The first kappa shape index (κ1) is 7.70. The Morgan fingerprint density at radius 1 is 1.50 bits per heavy atom. The molecule has 0 spiro atoms. The second-order valence-corrected chi connectivity index (χ2v) is 3.23. The Morgan fingerprint density at radius 2 is 2.33 bits per heavy atom. The molecule has 2 rings (SSSR count). The minimum atomic E-state index is 0.494. The maximum Gasteiger partial charge on any atom is 0.155 e. The molecular formula is C7H7BrN4. The number of halogens is 1. The predicted molar refractivity (Wildman–Crippen MR) is 48.6 cm³/mol. The molecule has 4 nitrogen and oxygen atoms in total. The van der Waals surface area contributed by atoms with Gasteiger partial charge in [-0.3, -0.25) is 0 Å². The van der Waals surface area contributed by atoms with Crippen LogP contribution in [0.1, 0.15) is 5.56 Å². The minimum absolute atomic E-state index is 0.494. The Labute approximate surface area is 77.5 Å². The lowest BCUT2D eigenvalue weighted by Gasteiger charge is -1.96. The van der Waals surface area contributed by atoms with Crippen LogP contribution in [0.4, 0.5) is 0 Å². The average molecular weight is 227 g/mol. The van der Waals surface area contributed by atoms with Gasteiger partial charge in [-0.15, -0.1) is 0 Å². The van der Waals surface area contributed by atoms with E-state index in [1.165, 1.54) is 0 Å². The normalized spacial score (nSPS) is 10.8. The van der Waals surface area contributed by atoms with Crippen molar-refractivity contribution in [3.8, 4) is 0 Å². The lowest BCUT2D eigenvalue weighted by atomic mass is 10.3. The molecule has 0 aliphatic rings. The summed E-state index contributed by atoms with van der Waals surface area (Å²) in [7, 11) is 0. The number of rotatable bonds is 1. The highest BCUT2D eigenvalue weighted by atomic mass is 79.9. The standard InChI is InChI=1S/C7H7BrN4/c8-6-4-10-7-1-5(2-9)3-11-12(6)7/h1,3-4H,2,9H2. The van der Waals surface area contributed by atoms with Crippen LogP contribution in [-0.4, -0.2) is 14.6 Å². The molecule has 0 radical (unpaired) electrons. The molecule has 0 aliphatic carbocycles. The molecule has 5 heteroatoms. The number of nitrogens with zero attached hydrogens (tertiary/aromatic N) is 3. The molecular weight excluding hydrogens is 220 g/mol. The first-order valence-corrected chi connectivity index (χ1v) is 4.29. The zero-order chi connectivity index (χ0) is 8.55. The summed E-state index contributed by atoms with van der Waals surface area (Å²) >= 11 is 3.32. The van der Waals surface area contributed by atoms with E-state index in [0.29, 0.717) is 6.54 Å². The van der Waals surface area contributed by atoms with Crippen LogP contribution in [0.15, 0.2) is 23.1 Å². The van der Waals surface area contributed by atoms with E-state index in [-0.39, 0.29) is 0 Å². The molecule has 12 heavy (non-hydrogen) atoms. The summed E-state index contributed by atoms with van der Waals surface area (Å²) in [4.78, 5) is 4.12. The van der Waals surface area contributed by atoms with Crippen molar-refractivity contribution in [2.45, 2.75) is 6.54 Å². The summed E-state index contributed by atoms with van der Waals surface area (Å²) in [6.45, 7) is 0.494. The summed E-state index contributed by atoms with van der Waals surface area (Å²) in [6, 6.07) is 1.91. The van der Waals surface area contributed by atoms with Crippen LogP contribution in [0, 0.1) is 0 Å². The van der Waals surface area contributed by atoms with Crippen LogP contribution in [0.2, 0.25) is 0 Å². The van der Waals surface area contributed by atoms with E-state index in [0.717, 1.165) is 15.8 Å². The molecule has 62 valence electrons. The third-order valence-electron chi connectivity index (χ3n) is 1.61. The molecule has 0 aliphatic heterocycles. The number of hydrogen-bond acceptors (Lipinski definition) is 3. The van der Waals surface area contributed by atoms with Gasteiger partial charge >= 0.3 is 0 Å². The molecule has 0 amide bonds. The van der Waals surface area contributed by atoms with Gasteiger partial charge in [0.25, 0.3) is 0 Å². The summed E-state index contributed by atoms with van der Waals surface area (Å²) in [5.74, 6) is 0. The smallest absolute Gasteiger partial charge is 0.155 e. The van der Waals surface area contributed by atoms with Gasteiger partial charge in [0.1, 0.15) is 4.60 Å².